The number of aromatic hydroxyl groups is 1. The molecule has 0 aliphatic rings. The van der Waals surface area contributed by atoms with Gasteiger partial charge in [0.25, 0.3) is 0 Å². The van der Waals surface area contributed by atoms with Crippen molar-refractivity contribution in [2.45, 2.75) is 63.6 Å². The number of unbranched alkanes of at least 4 members (excludes halogenated alkanes) is 3. The Kier molecular flexibility index (Phi) is 10.7. The van der Waals surface area contributed by atoms with Gasteiger partial charge in [-0.3, -0.25) is 14.4 Å². The van der Waals surface area contributed by atoms with Crippen LogP contribution >= 0.6 is 0 Å². The van der Waals surface area contributed by atoms with E-state index in [9.17, 15) is 32.7 Å². The molecular weight excluding hydrogens is 403 g/mol. The van der Waals surface area contributed by atoms with Crippen molar-refractivity contribution in [1.29, 1.82) is 0 Å². The van der Waals surface area contributed by atoms with E-state index in [1.807, 2.05) is 0 Å². The first-order valence-corrected chi connectivity index (χ1v) is 9.77. The smallest absolute Gasteiger partial charge is 0.389 e. The van der Waals surface area contributed by atoms with Crippen LogP contribution in [0.5, 0.6) is 5.75 Å². The average Bonchev–Trinajstić information content (AvgIpc) is 2.64. The van der Waals surface area contributed by atoms with E-state index in [2.05, 4.69) is 10.6 Å². The first-order chi connectivity index (χ1) is 14.1. The number of alkyl halides is 3. The Morgan fingerprint density at radius 2 is 1.67 bits per heavy atom. The Labute approximate surface area is 173 Å². The Bertz CT molecular complexity index is 694. The van der Waals surface area contributed by atoms with E-state index in [1.165, 1.54) is 12.1 Å². The fourth-order valence-corrected chi connectivity index (χ4v) is 2.76. The number of hydrogen-bond donors (Lipinski definition) is 4. The standard InChI is InChI=1S/C20H28F3N3O4/c21-20(22,23)11-4-2-1-3-5-18(29)26-16(13-17(24)28)19(30)25-12-10-14-6-8-15(27)9-7-14/h6-9,16,27H,1-5,10-13H2,(H2,24,28)(H,25,30)(H,26,29)/t16-/m1/s1. The van der Waals surface area contributed by atoms with Gasteiger partial charge < -0.3 is 21.5 Å². The van der Waals surface area contributed by atoms with Crippen molar-refractivity contribution in [1.82, 2.24) is 10.6 Å². The maximum atomic E-state index is 12.3. The Balaban J connectivity index is 2.36. The van der Waals surface area contributed by atoms with Crippen molar-refractivity contribution < 1.29 is 32.7 Å². The van der Waals surface area contributed by atoms with Crippen LogP contribution < -0.4 is 16.4 Å². The molecule has 0 bridgehead atoms. The third-order valence-corrected chi connectivity index (χ3v) is 4.32. The maximum Gasteiger partial charge on any atom is 0.389 e. The molecule has 3 amide bonds. The van der Waals surface area contributed by atoms with Crippen LogP contribution in [0.25, 0.3) is 0 Å². The number of nitrogens with one attached hydrogen (secondary N) is 2. The lowest BCUT2D eigenvalue weighted by Crippen LogP contribution is -2.48. The molecule has 5 N–H and O–H groups in total. The van der Waals surface area contributed by atoms with Gasteiger partial charge in [0, 0.05) is 19.4 Å². The largest absolute Gasteiger partial charge is 0.508 e. The fraction of sp³-hybridized carbons (Fsp3) is 0.550. The zero-order chi connectivity index (χ0) is 22.6. The Morgan fingerprint density at radius 1 is 1.03 bits per heavy atom. The van der Waals surface area contributed by atoms with Gasteiger partial charge in [0.05, 0.1) is 6.42 Å². The summed E-state index contributed by atoms with van der Waals surface area (Å²) in [5, 5.41) is 14.3. The molecule has 168 valence electrons. The zero-order valence-corrected chi connectivity index (χ0v) is 16.6. The highest BCUT2D eigenvalue weighted by molar-refractivity contribution is 5.91. The quantitative estimate of drug-likeness (QED) is 0.358. The summed E-state index contributed by atoms with van der Waals surface area (Å²) in [5.74, 6) is -1.63. The highest BCUT2D eigenvalue weighted by Crippen LogP contribution is 2.23. The third kappa shape index (κ3) is 11.9. The van der Waals surface area contributed by atoms with E-state index in [0.29, 0.717) is 25.7 Å². The molecule has 1 rings (SSSR count). The third-order valence-electron chi connectivity index (χ3n) is 4.32. The average molecular weight is 431 g/mol. The molecule has 7 nitrogen and oxygen atoms in total. The number of carbonyl (C=O) groups is 3. The summed E-state index contributed by atoms with van der Waals surface area (Å²) in [5.41, 5.74) is 6.03. The number of hydrogen-bond acceptors (Lipinski definition) is 4. The number of rotatable bonds is 13. The van der Waals surface area contributed by atoms with Gasteiger partial charge in [0.15, 0.2) is 0 Å². The first kappa shape index (κ1) is 25.3. The number of amides is 3. The van der Waals surface area contributed by atoms with Crippen LogP contribution in [-0.2, 0) is 20.8 Å². The lowest BCUT2D eigenvalue weighted by molar-refractivity contribution is -0.135. The van der Waals surface area contributed by atoms with E-state index < -0.39 is 36.4 Å². The van der Waals surface area contributed by atoms with Crippen molar-refractivity contribution in [3.05, 3.63) is 29.8 Å². The predicted molar refractivity (Wildman–Crippen MR) is 104 cm³/mol. The second-order valence-electron chi connectivity index (χ2n) is 7.03. The molecule has 0 saturated carbocycles. The molecular formula is C20H28F3N3O4. The van der Waals surface area contributed by atoms with Crippen LogP contribution in [0, 0.1) is 0 Å². The summed E-state index contributed by atoms with van der Waals surface area (Å²) in [7, 11) is 0. The lowest BCUT2D eigenvalue weighted by atomic mass is 10.1. The number of phenols is 1. The van der Waals surface area contributed by atoms with Crippen LogP contribution in [-0.4, -0.2) is 41.6 Å². The minimum atomic E-state index is -4.17. The van der Waals surface area contributed by atoms with Gasteiger partial charge in [-0.25, -0.2) is 0 Å². The summed E-state index contributed by atoms with van der Waals surface area (Å²) in [4.78, 5) is 35.5. The number of halogens is 3. The number of nitrogens with two attached hydrogens (primary N) is 1. The summed E-state index contributed by atoms with van der Waals surface area (Å²) in [6.07, 6.45) is -3.63. The van der Waals surface area contributed by atoms with Gasteiger partial charge in [0.2, 0.25) is 17.7 Å². The van der Waals surface area contributed by atoms with E-state index in [4.69, 9.17) is 5.73 Å². The van der Waals surface area contributed by atoms with E-state index in [1.54, 1.807) is 12.1 Å². The zero-order valence-electron chi connectivity index (χ0n) is 16.6. The summed E-state index contributed by atoms with van der Waals surface area (Å²) in [6, 6.07) is 5.35. The van der Waals surface area contributed by atoms with Crippen molar-refractivity contribution in [2.24, 2.45) is 5.73 Å². The molecule has 1 aromatic rings. The van der Waals surface area contributed by atoms with Crippen molar-refractivity contribution in [3.8, 4) is 5.75 Å². The minimum Gasteiger partial charge on any atom is -0.508 e. The molecule has 0 saturated heterocycles. The summed E-state index contributed by atoms with van der Waals surface area (Å²) >= 11 is 0. The van der Waals surface area contributed by atoms with Crippen molar-refractivity contribution in [2.75, 3.05) is 6.54 Å². The van der Waals surface area contributed by atoms with Gasteiger partial charge >= 0.3 is 6.18 Å². The number of primary amides is 1. The predicted octanol–water partition coefficient (Wildman–Crippen LogP) is 2.31. The topological polar surface area (TPSA) is 122 Å². The Hall–Kier alpha value is -2.78. The van der Waals surface area contributed by atoms with Crippen LogP contribution in [0.4, 0.5) is 13.2 Å². The molecule has 0 aliphatic heterocycles. The minimum absolute atomic E-state index is 0.0128. The molecule has 0 spiro atoms. The molecule has 1 atom stereocenters. The second-order valence-corrected chi connectivity index (χ2v) is 7.03. The number of benzene rings is 1. The Morgan fingerprint density at radius 3 is 2.27 bits per heavy atom. The summed E-state index contributed by atoms with van der Waals surface area (Å²) < 4.78 is 36.2. The molecule has 0 radical (unpaired) electrons. The van der Waals surface area contributed by atoms with E-state index >= 15 is 0 Å². The molecule has 30 heavy (non-hydrogen) atoms. The van der Waals surface area contributed by atoms with E-state index in [-0.39, 0.29) is 31.6 Å². The fourth-order valence-electron chi connectivity index (χ4n) is 2.76. The number of phenolic OH excluding ortho intramolecular Hbond substituents is 1. The van der Waals surface area contributed by atoms with Crippen LogP contribution in [0.1, 0.15) is 50.5 Å². The molecule has 0 heterocycles. The molecule has 0 fully saturated rings. The first-order valence-electron chi connectivity index (χ1n) is 9.77. The highest BCUT2D eigenvalue weighted by atomic mass is 19.4. The van der Waals surface area contributed by atoms with Gasteiger partial charge in [-0.1, -0.05) is 25.0 Å². The van der Waals surface area contributed by atoms with Crippen LogP contribution in [0.15, 0.2) is 24.3 Å². The highest BCUT2D eigenvalue weighted by Gasteiger charge is 2.26. The van der Waals surface area contributed by atoms with Crippen LogP contribution in [0.2, 0.25) is 0 Å². The maximum absolute atomic E-state index is 12.3. The van der Waals surface area contributed by atoms with Gasteiger partial charge in [0.1, 0.15) is 11.8 Å². The van der Waals surface area contributed by atoms with Gasteiger partial charge in [-0.15, -0.1) is 0 Å². The van der Waals surface area contributed by atoms with E-state index in [0.717, 1.165) is 5.56 Å². The molecule has 1 aromatic carbocycles. The van der Waals surface area contributed by atoms with Crippen molar-refractivity contribution >= 4 is 17.7 Å². The molecule has 0 unspecified atom stereocenters. The second kappa shape index (κ2) is 12.7. The lowest BCUT2D eigenvalue weighted by Gasteiger charge is -2.17. The summed E-state index contributed by atoms with van der Waals surface area (Å²) in [6.45, 7) is 0.258. The van der Waals surface area contributed by atoms with Crippen molar-refractivity contribution in [3.63, 3.8) is 0 Å². The SMILES string of the molecule is NC(=O)C[C@@H](NC(=O)CCCCCCC(F)(F)F)C(=O)NCCc1ccc(O)cc1. The monoisotopic (exact) mass is 431 g/mol. The molecule has 0 aliphatic carbocycles. The number of carbonyl (C=O) groups excluding carboxylic acids is 3. The normalized spacial score (nSPS) is 12.2. The molecule has 0 aromatic heterocycles. The molecule has 10 heteroatoms. The van der Waals surface area contributed by atoms with Gasteiger partial charge in [-0.05, 0) is 37.0 Å². The van der Waals surface area contributed by atoms with Crippen LogP contribution in [0.3, 0.4) is 0 Å². The van der Waals surface area contributed by atoms with Gasteiger partial charge in [-0.2, -0.15) is 13.2 Å².